The number of carbonyl (C=O) groups excluding carboxylic acids is 1. The van der Waals surface area contributed by atoms with Gasteiger partial charge in [0.1, 0.15) is 12.2 Å². The standard InChI is InChI=1S/C10H18N4OS/c1-7(2)9(16)10(15)11-5-4-8-13-12-6-14(8)3/h6-7,9,16H,4-5H2,1-3H3,(H,11,15). The molecule has 1 aromatic heterocycles. The molecule has 0 fully saturated rings. The maximum absolute atomic E-state index is 11.6. The fourth-order valence-electron chi connectivity index (χ4n) is 1.24. The molecule has 90 valence electrons. The van der Waals surface area contributed by atoms with Crippen molar-refractivity contribution in [2.24, 2.45) is 13.0 Å². The summed E-state index contributed by atoms with van der Waals surface area (Å²) in [7, 11) is 1.88. The molecule has 0 saturated heterocycles. The van der Waals surface area contributed by atoms with Crippen molar-refractivity contribution in [1.82, 2.24) is 20.1 Å². The topological polar surface area (TPSA) is 59.8 Å². The molecular weight excluding hydrogens is 224 g/mol. The second-order valence-electron chi connectivity index (χ2n) is 4.09. The Labute approximate surface area is 101 Å². The minimum atomic E-state index is -0.250. The average molecular weight is 242 g/mol. The fourth-order valence-corrected chi connectivity index (χ4v) is 1.33. The summed E-state index contributed by atoms with van der Waals surface area (Å²) in [5.41, 5.74) is 0. The smallest absolute Gasteiger partial charge is 0.233 e. The van der Waals surface area contributed by atoms with Crippen LogP contribution in [0.3, 0.4) is 0 Å². The SMILES string of the molecule is CC(C)C(S)C(=O)NCCc1nncn1C. The molecule has 16 heavy (non-hydrogen) atoms. The molecule has 6 heteroatoms. The Kier molecular flexibility index (Phi) is 4.79. The zero-order valence-electron chi connectivity index (χ0n) is 9.84. The van der Waals surface area contributed by atoms with Crippen molar-refractivity contribution in [2.75, 3.05) is 6.54 Å². The van der Waals surface area contributed by atoms with Crippen LogP contribution in [0.5, 0.6) is 0 Å². The van der Waals surface area contributed by atoms with Gasteiger partial charge in [0.2, 0.25) is 5.91 Å². The Morgan fingerprint density at radius 2 is 2.31 bits per heavy atom. The lowest BCUT2D eigenvalue weighted by atomic mass is 10.1. The van der Waals surface area contributed by atoms with E-state index < -0.39 is 0 Å². The quantitative estimate of drug-likeness (QED) is 0.736. The summed E-state index contributed by atoms with van der Waals surface area (Å²) in [4.78, 5) is 11.6. The molecule has 5 nitrogen and oxygen atoms in total. The summed E-state index contributed by atoms with van der Waals surface area (Å²) in [5, 5.41) is 10.3. The van der Waals surface area contributed by atoms with Crippen LogP contribution in [0.15, 0.2) is 6.33 Å². The average Bonchev–Trinajstić information content (AvgIpc) is 2.63. The Hall–Kier alpha value is -1.04. The molecule has 0 aliphatic rings. The zero-order chi connectivity index (χ0) is 12.1. The number of amides is 1. The molecule has 0 aliphatic heterocycles. The van der Waals surface area contributed by atoms with Crippen molar-refractivity contribution >= 4 is 18.5 Å². The van der Waals surface area contributed by atoms with E-state index in [4.69, 9.17) is 0 Å². The van der Waals surface area contributed by atoms with Gasteiger partial charge in [-0.3, -0.25) is 4.79 Å². The van der Waals surface area contributed by atoms with E-state index in [-0.39, 0.29) is 17.1 Å². The van der Waals surface area contributed by atoms with Gasteiger partial charge in [-0.2, -0.15) is 12.6 Å². The van der Waals surface area contributed by atoms with Gasteiger partial charge in [-0.1, -0.05) is 13.8 Å². The second-order valence-corrected chi connectivity index (χ2v) is 4.64. The molecule has 0 bridgehead atoms. The van der Waals surface area contributed by atoms with Crippen LogP contribution in [0.1, 0.15) is 19.7 Å². The molecule has 0 saturated carbocycles. The number of rotatable bonds is 5. The van der Waals surface area contributed by atoms with Crippen molar-refractivity contribution in [3.63, 3.8) is 0 Å². The molecule has 1 atom stereocenters. The first kappa shape index (κ1) is 13.0. The molecule has 0 radical (unpaired) electrons. The fraction of sp³-hybridized carbons (Fsp3) is 0.700. The van der Waals surface area contributed by atoms with Crippen LogP contribution in [0.4, 0.5) is 0 Å². The van der Waals surface area contributed by atoms with Crippen molar-refractivity contribution < 1.29 is 4.79 Å². The summed E-state index contributed by atoms with van der Waals surface area (Å²) >= 11 is 4.24. The highest BCUT2D eigenvalue weighted by atomic mass is 32.1. The number of aromatic nitrogens is 3. The van der Waals surface area contributed by atoms with E-state index in [1.807, 2.05) is 25.5 Å². The molecule has 1 unspecified atom stereocenters. The molecular formula is C10H18N4OS. The van der Waals surface area contributed by atoms with Gasteiger partial charge < -0.3 is 9.88 Å². The number of aryl methyl sites for hydroxylation is 1. The number of hydrogen-bond acceptors (Lipinski definition) is 4. The van der Waals surface area contributed by atoms with E-state index in [2.05, 4.69) is 28.1 Å². The number of nitrogens with one attached hydrogen (secondary N) is 1. The highest BCUT2D eigenvalue weighted by molar-refractivity contribution is 7.81. The summed E-state index contributed by atoms with van der Waals surface area (Å²) in [6.07, 6.45) is 2.33. The molecule has 0 aliphatic carbocycles. The number of thiol groups is 1. The van der Waals surface area contributed by atoms with Crippen molar-refractivity contribution in [3.05, 3.63) is 12.2 Å². The Morgan fingerprint density at radius 1 is 1.62 bits per heavy atom. The van der Waals surface area contributed by atoms with Crippen LogP contribution in [0, 0.1) is 5.92 Å². The minimum Gasteiger partial charge on any atom is -0.355 e. The summed E-state index contributed by atoms with van der Waals surface area (Å²) in [5.74, 6) is 1.07. The van der Waals surface area contributed by atoms with Gasteiger partial charge in [0, 0.05) is 20.0 Å². The Bertz CT molecular complexity index is 350. The molecule has 1 aromatic rings. The maximum atomic E-state index is 11.6. The van der Waals surface area contributed by atoms with E-state index in [0.29, 0.717) is 13.0 Å². The van der Waals surface area contributed by atoms with Crippen molar-refractivity contribution in [3.8, 4) is 0 Å². The molecule has 1 heterocycles. The van der Waals surface area contributed by atoms with Crippen LogP contribution in [-0.2, 0) is 18.3 Å². The largest absolute Gasteiger partial charge is 0.355 e. The Morgan fingerprint density at radius 3 is 2.81 bits per heavy atom. The lowest BCUT2D eigenvalue weighted by Gasteiger charge is -2.14. The summed E-state index contributed by atoms with van der Waals surface area (Å²) in [6, 6.07) is 0. The van der Waals surface area contributed by atoms with Gasteiger partial charge in [-0.25, -0.2) is 0 Å². The van der Waals surface area contributed by atoms with Gasteiger partial charge in [0.25, 0.3) is 0 Å². The lowest BCUT2D eigenvalue weighted by Crippen LogP contribution is -2.35. The zero-order valence-corrected chi connectivity index (χ0v) is 10.7. The van der Waals surface area contributed by atoms with Crippen LogP contribution >= 0.6 is 12.6 Å². The van der Waals surface area contributed by atoms with Crippen LogP contribution in [0.25, 0.3) is 0 Å². The first-order chi connectivity index (χ1) is 7.52. The third-order valence-corrected chi connectivity index (χ3v) is 3.18. The van der Waals surface area contributed by atoms with Gasteiger partial charge in [0.05, 0.1) is 5.25 Å². The van der Waals surface area contributed by atoms with E-state index in [1.165, 1.54) is 0 Å². The van der Waals surface area contributed by atoms with Crippen molar-refractivity contribution in [1.29, 1.82) is 0 Å². The van der Waals surface area contributed by atoms with Gasteiger partial charge >= 0.3 is 0 Å². The molecule has 1 N–H and O–H groups in total. The Balaban J connectivity index is 2.31. The third-order valence-electron chi connectivity index (χ3n) is 2.35. The number of nitrogens with zero attached hydrogens (tertiary/aromatic N) is 3. The van der Waals surface area contributed by atoms with Crippen LogP contribution in [0.2, 0.25) is 0 Å². The van der Waals surface area contributed by atoms with Gasteiger partial charge in [-0.15, -0.1) is 10.2 Å². The molecule has 0 aromatic carbocycles. The molecule has 0 spiro atoms. The first-order valence-electron chi connectivity index (χ1n) is 5.31. The first-order valence-corrected chi connectivity index (χ1v) is 5.82. The highest BCUT2D eigenvalue weighted by Gasteiger charge is 2.16. The summed E-state index contributed by atoms with van der Waals surface area (Å²) < 4.78 is 1.84. The number of hydrogen-bond donors (Lipinski definition) is 2. The van der Waals surface area contributed by atoms with E-state index >= 15 is 0 Å². The van der Waals surface area contributed by atoms with E-state index in [9.17, 15) is 4.79 Å². The van der Waals surface area contributed by atoms with Crippen molar-refractivity contribution in [2.45, 2.75) is 25.5 Å². The predicted octanol–water partition coefficient (Wildman–Crippen LogP) is 0.428. The monoisotopic (exact) mass is 242 g/mol. The van der Waals surface area contributed by atoms with Crippen LogP contribution < -0.4 is 5.32 Å². The third kappa shape index (κ3) is 3.52. The van der Waals surface area contributed by atoms with Gasteiger partial charge in [-0.05, 0) is 5.92 Å². The highest BCUT2D eigenvalue weighted by Crippen LogP contribution is 2.08. The maximum Gasteiger partial charge on any atom is 0.233 e. The lowest BCUT2D eigenvalue weighted by molar-refractivity contribution is -0.121. The summed E-state index contributed by atoms with van der Waals surface area (Å²) in [6.45, 7) is 4.51. The molecule has 1 rings (SSSR count). The van der Waals surface area contributed by atoms with Gasteiger partial charge in [0.15, 0.2) is 0 Å². The predicted molar refractivity (Wildman–Crippen MR) is 65.3 cm³/mol. The second kappa shape index (κ2) is 5.89. The van der Waals surface area contributed by atoms with E-state index in [0.717, 1.165) is 5.82 Å². The van der Waals surface area contributed by atoms with Crippen LogP contribution in [-0.4, -0.2) is 32.5 Å². The number of carbonyl (C=O) groups is 1. The van der Waals surface area contributed by atoms with E-state index in [1.54, 1.807) is 6.33 Å². The minimum absolute atomic E-state index is 0.0273. The molecule has 1 amide bonds. The normalized spacial score (nSPS) is 12.8.